The molecule has 0 aliphatic carbocycles. The van der Waals surface area contributed by atoms with Gasteiger partial charge in [0.25, 0.3) is 0 Å². The summed E-state index contributed by atoms with van der Waals surface area (Å²) in [5, 5.41) is 6.38. The normalized spacial score (nSPS) is 18.8. The van der Waals surface area contributed by atoms with Crippen LogP contribution in [0.4, 0.5) is 5.69 Å². The Labute approximate surface area is 124 Å². The van der Waals surface area contributed by atoms with E-state index in [1.54, 1.807) is 0 Å². The molecule has 1 aliphatic rings. The second-order valence-electron chi connectivity index (χ2n) is 4.77. The van der Waals surface area contributed by atoms with Crippen LogP contribution in [0.1, 0.15) is 18.9 Å². The molecule has 2 N–H and O–H groups in total. The number of ether oxygens (including phenoxy) is 1. The molecule has 5 heteroatoms. The van der Waals surface area contributed by atoms with E-state index in [1.165, 1.54) is 0 Å². The van der Waals surface area contributed by atoms with E-state index < -0.39 is 0 Å². The van der Waals surface area contributed by atoms with Gasteiger partial charge in [-0.2, -0.15) is 11.8 Å². The van der Waals surface area contributed by atoms with Gasteiger partial charge in [0.2, 0.25) is 5.91 Å². The van der Waals surface area contributed by atoms with Crippen LogP contribution < -0.4 is 10.6 Å². The second-order valence-corrected chi connectivity index (χ2v) is 5.92. The third kappa shape index (κ3) is 4.81. The monoisotopic (exact) mass is 294 g/mol. The van der Waals surface area contributed by atoms with Crippen molar-refractivity contribution >= 4 is 23.4 Å². The number of nitrogens with one attached hydrogen (secondary N) is 2. The molecule has 110 valence electrons. The molecule has 1 saturated heterocycles. The lowest BCUT2D eigenvalue weighted by molar-refractivity contribution is -0.116. The second kappa shape index (κ2) is 8.29. The lowest BCUT2D eigenvalue weighted by atomic mass is 10.1. The van der Waals surface area contributed by atoms with Gasteiger partial charge in [0.15, 0.2) is 0 Å². The Morgan fingerprint density at radius 2 is 2.35 bits per heavy atom. The number of thioether (sulfide) groups is 1. The van der Waals surface area contributed by atoms with E-state index in [0.29, 0.717) is 19.6 Å². The Morgan fingerprint density at radius 3 is 3.10 bits per heavy atom. The number of hydrogen-bond donors (Lipinski definition) is 2. The zero-order valence-corrected chi connectivity index (χ0v) is 12.7. The van der Waals surface area contributed by atoms with Crippen molar-refractivity contribution in [3.05, 3.63) is 29.8 Å². The van der Waals surface area contributed by atoms with Gasteiger partial charge >= 0.3 is 0 Å². The van der Waals surface area contributed by atoms with Gasteiger partial charge in [0.05, 0.1) is 6.61 Å². The Bertz CT molecular complexity index is 434. The number of para-hydroxylation sites is 1. The Morgan fingerprint density at radius 1 is 1.50 bits per heavy atom. The van der Waals surface area contributed by atoms with Gasteiger partial charge in [-0.3, -0.25) is 4.79 Å². The number of carbonyl (C=O) groups is 1. The molecule has 0 bridgehead atoms. The van der Waals surface area contributed by atoms with Gasteiger partial charge in [-0.1, -0.05) is 18.2 Å². The number of rotatable bonds is 6. The summed E-state index contributed by atoms with van der Waals surface area (Å²) < 4.78 is 5.42. The summed E-state index contributed by atoms with van der Waals surface area (Å²) in [5.74, 6) is 2.21. The average Bonchev–Trinajstić information content (AvgIpc) is 2.47. The van der Waals surface area contributed by atoms with Crippen molar-refractivity contribution in [2.45, 2.75) is 26.0 Å². The smallest absolute Gasteiger partial charge is 0.225 e. The number of anilines is 1. The van der Waals surface area contributed by atoms with Crippen molar-refractivity contribution in [2.75, 3.05) is 30.0 Å². The average molecular weight is 294 g/mol. The van der Waals surface area contributed by atoms with Crippen LogP contribution in [0.25, 0.3) is 0 Å². The first kappa shape index (κ1) is 15.4. The molecule has 0 radical (unpaired) electrons. The standard InChI is InChI=1S/C15H22N2O2S/c1-2-19-10-12-5-3-4-6-14(12)17-15(18)9-13-11-20-8-7-16-13/h3-6,13,16H,2,7-11H2,1H3,(H,17,18). The molecule has 0 aromatic heterocycles. The number of hydrogen-bond acceptors (Lipinski definition) is 4. The summed E-state index contributed by atoms with van der Waals surface area (Å²) in [4.78, 5) is 12.1. The van der Waals surface area contributed by atoms with Gasteiger partial charge in [-0.05, 0) is 13.0 Å². The summed E-state index contributed by atoms with van der Waals surface area (Å²) >= 11 is 1.90. The molecule has 1 aromatic rings. The minimum Gasteiger partial charge on any atom is -0.377 e. The SMILES string of the molecule is CCOCc1ccccc1NC(=O)CC1CSCCN1. The van der Waals surface area contributed by atoms with Crippen LogP contribution >= 0.6 is 11.8 Å². The van der Waals surface area contributed by atoms with Crippen LogP contribution in [0, 0.1) is 0 Å². The lowest BCUT2D eigenvalue weighted by Gasteiger charge is -2.22. The fraction of sp³-hybridized carbons (Fsp3) is 0.533. The van der Waals surface area contributed by atoms with Crippen LogP contribution in [-0.4, -0.2) is 36.6 Å². The summed E-state index contributed by atoms with van der Waals surface area (Å²) in [6, 6.07) is 8.09. The van der Waals surface area contributed by atoms with E-state index in [0.717, 1.165) is 29.3 Å². The first-order valence-electron chi connectivity index (χ1n) is 7.06. The quantitative estimate of drug-likeness (QED) is 0.845. The zero-order chi connectivity index (χ0) is 14.2. The van der Waals surface area contributed by atoms with Gasteiger partial charge < -0.3 is 15.4 Å². The highest BCUT2D eigenvalue weighted by Crippen LogP contribution is 2.17. The predicted octanol–water partition coefficient (Wildman–Crippen LogP) is 2.26. The Balaban J connectivity index is 1.89. The molecule has 1 atom stereocenters. The lowest BCUT2D eigenvalue weighted by Crippen LogP contribution is -2.39. The van der Waals surface area contributed by atoms with E-state index in [1.807, 2.05) is 43.0 Å². The topological polar surface area (TPSA) is 50.4 Å². The van der Waals surface area contributed by atoms with Crippen molar-refractivity contribution in [1.29, 1.82) is 0 Å². The summed E-state index contributed by atoms with van der Waals surface area (Å²) in [7, 11) is 0. The third-order valence-electron chi connectivity index (χ3n) is 3.18. The number of carbonyl (C=O) groups excluding carboxylic acids is 1. The maximum atomic E-state index is 12.1. The molecular weight excluding hydrogens is 272 g/mol. The minimum atomic E-state index is 0.0638. The van der Waals surface area contributed by atoms with E-state index >= 15 is 0 Å². The number of benzene rings is 1. The third-order valence-corrected chi connectivity index (χ3v) is 4.31. The first-order valence-corrected chi connectivity index (χ1v) is 8.21. The van der Waals surface area contributed by atoms with Crippen LogP contribution in [0.3, 0.4) is 0 Å². The molecular formula is C15H22N2O2S. The molecule has 4 nitrogen and oxygen atoms in total. The highest BCUT2D eigenvalue weighted by Gasteiger charge is 2.17. The maximum absolute atomic E-state index is 12.1. The van der Waals surface area contributed by atoms with Crippen molar-refractivity contribution in [3.8, 4) is 0 Å². The molecule has 2 rings (SSSR count). The first-order chi connectivity index (χ1) is 9.79. The molecule has 1 fully saturated rings. The molecule has 1 amide bonds. The molecule has 0 saturated carbocycles. The van der Waals surface area contributed by atoms with E-state index in [2.05, 4.69) is 10.6 Å². The Kier molecular flexibility index (Phi) is 6.36. The van der Waals surface area contributed by atoms with E-state index in [9.17, 15) is 4.79 Å². The fourth-order valence-electron chi connectivity index (χ4n) is 2.16. The fourth-order valence-corrected chi connectivity index (χ4v) is 3.11. The minimum absolute atomic E-state index is 0.0638. The maximum Gasteiger partial charge on any atom is 0.225 e. The van der Waals surface area contributed by atoms with E-state index in [-0.39, 0.29) is 11.9 Å². The van der Waals surface area contributed by atoms with E-state index in [4.69, 9.17) is 4.74 Å². The largest absolute Gasteiger partial charge is 0.377 e. The molecule has 1 heterocycles. The van der Waals surface area contributed by atoms with Crippen molar-refractivity contribution in [1.82, 2.24) is 5.32 Å². The molecule has 20 heavy (non-hydrogen) atoms. The van der Waals surface area contributed by atoms with Gasteiger partial charge in [-0.15, -0.1) is 0 Å². The van der Waals surface area contributed by atoms with Crippen LogP contribution in [0.15, 0.2) is 24.3 Å². The summed E-state index contributed by atoms with van der Waals surface area (Å²) in [5.41, 5.74) is 1.88. The summed E-state index contributed by atoms with van der Waals surface area (Å²) in [6.45, 7) is 4.16. The molecule has 1 aliphatic heterocycles. The predicted molar refractivity (Wildman–Crippen MR) is 84.1 cm³/mol. The van der Waals surface area contributed by atoms with Gasteiger partial charge in [-0.25, -0.2) is 0 Å². The highest BCUT2D eigenvalue weighted by molar-refractivity contribution is 7.99. The molecule has 1 unspecified atom stereocenters. The van der Waals surface area contributed by atoms with Gasteiger partial charge in [0.1, 0.15) is 0 Å². The number of amides is 1. The Hall–Kier alpha value is -1.04. The zero-order valence-electron chi connectivity index (χ0n) is 11.9. The summed E-state index contributed by atoms with van der Waals surface area (Å²) in [6.07, 6.45) is 0.524. The van der Waals surface area contributed by atoms with Crippen molar-refractivity contribution < 1.29 is 9.53 Å². The van der Waals surface area contributed by atoms with Crippen LogP contribution in [0.2, 0.25) is 0 Å². The van der Waals surface area contributed by atoms with Crippen LogP contribution in [-0.2, 0) is 16.1 Å². The van der Waals surface area contributed by atoms with Crippen LogP contribution in [0.5, 0.6) is 0 Å². The molecule has 0 spiro atoms. The van der Waals surface area contributed by atoms with Crippen molar-refractivity contribution in [3.63, 3.8) is 0 Å². The molecule has 1 aromatic carbocycles. The van der Waals surface area contributed by atoms with Gasteiger partial charge in [0, 0.05) is 48.4 Å². The van der Waals surface area contributed by atoms with Crippen molar-refractivity contribution in [2.24, 2.45) is 0 Å². The highest BCUT2D eigenvalue weighted by atomic mass is 32.2.